The molecule has 102 valence electrons. The Hall–Kier alpha value is -1.88. The van der Waals surface area contributed by atoms with Gasteiger partial charge in [-0.2, -0.15) is 0 Å². The molecule has 1 saturated heterocycles. The number of morpholine rings is 1. The lowest BCUT2D eigenvalue weighted by Crippen LogP contribution is -2.40. The zero-order valence-electron chi connectivity index (χ0n) is 10.8. The minimum absolute atomic E-state index is 0.0205. The van der Waals surface area contributed by atoms with Gasteiger partial charge in [0, 0.05) is 37.2 Å². The summed E-state index contributed by atoms with van der Waals surface area (Å²) in [5, 5.41) is 0. The number of hydrogen-bond acceptors (Lipinski definition) is 4. The predicted molar refractivity (Wildman–Crippen MR) is 71.8 cm³/mol. The van der Waals surface area contributed by atoms with E-state index in [9.17, 15) is 9.59 Å². The molecular weight excluding hydrogens is 244 g/mol. The standard InChI is InChI=1S/C14H18N2O3/c15-12-3-1-11(2-4-12)13(17)5-6-14(18)16-7-9-19-10-8-16/h1-4H,5-10,15H2. The van der Waals surface area contributed by atoms with Crippen LogP contribution < -0.4 is 5.73 Å². The van der Waals surface area contributed by atoms with Crippen molar-refractivity contribution in [1.82, 2.24) is 4.90 Å². The van der Waals surface area contributed by atoms with Crippen molar-refractivity contribution in [2.24, 2.45) is 0 Å². The molecule has 0 aromatic heterocycles. The highest BCUT2D eigenvalue weighted by atomic mass is 16.5. The normalized spacial score (nSPS) is 15.3. The lowest BCUT2D eigenvalue weighted by atomic mass is 10.1. The number of anilines is 1. The number of nitrogens with zero attached hydrogens (tertiary/aromatic N) is 1. The Morgan fingerprint density at radius 3 is 2.37 bits per heavy atom. The van der Waals surface area contributed by atoms with Crippen LogP contribution in [-0.2, 0) is 9.53 Å². The van der Waals surface area contributed by atoms with Crippen molar-refractivity contribution in [2.75, 3.05) is 32.0 Å². The fourth-order valence-electron chi connectivity index (χ4n) is 2.00. The average molecular weight is 262 g/mol. The van der Waals surface area contributed by atoms with Crippen LogP contribution in [0.15, 0.2) is 24.3 Å². The second kappa shape index (κ2) is 6.33. The van der Waals surface area contributed by atoms with Crippen LogP contribution in [-0.4, -0.2) is 42.9 Å². The van der Waals surface area contributed by atoms with Gasteiger partial charge in [-0.25, -0.2) is 0 Å². The number of rotatable bonds is 4. The number of carbonyl (C=O) groups excluding carboxylic acids is 2. The van der Waals surface area contributed by atoms with E-state index < -0.39 is 0 Å². The summed E-state index contributed by atoms with van der Waals surface area (Å²) in [6, 6.07) is 6.77. The molecule has 5 nitrogen and oxygen atoms in total. The van der Waals surface area contributed by atoms with E-state index in [-0.39, 0.29) is 24.5 Å². The predicted octanol–water partition coefficient (Wildman–Crippen LogP) is 1.09. The van der Waals surface area contributed by atoms with Crippen LogP contribution in [0.5, 0.6) is 0 Å². The van der Waals surface area contributed by atoms with E-state index in [1.54, 1.807) is 29.2 Å². The van der Waals surface area contributed by atoms with Gasteiger partial charge in [0.2, 0.25) is 5.91 Å². The third-order valence-electron chi connectivity index (χ3n) is 3.16. The van der Waals surface area contributed by atoms with Crippen molar-refractivity contribution >= 4 is 17.4 Å². The number of nitrogens with two attached hydrogens (primary N) is 1. The maximum atomic E-state index is 11.9. The Kier molecular flexibility index (Phi) is 4.52. The molecule has 0 unspecified atom stereocenters. The molecule has 1 fully saturated rings. The first-order valence-corrected chi connectivity index (χ1v) is 6.41. The Morgan fingerprint density at radius 2 is 1.74 bits per heavy atom. The molecule has 1 aliphatic rings. The zero-order valence-corrected chi connectivity index (χ0v) is 10.8. The SMILES string of the molecule is Nc1ccc(C(=O)CCC(=O)N2CCOCC2)cc1. The highest BCUT2D eigenvalue weighted by Gasteiger charge is 2.17. The molecule has 1 aliphatic heterocycles. The molecule has 0 saturated carbocycles. The minimum atomic E-state index is -0.0263. The van der Waals surface area contributed by atoms with Crippen LogP contribution in [0.4, 0.5) is 5.69 Å². The molecule has 1 aromatic rings. The average Bonchev–Trinajstić information content (AvgIpc) is 2.46. The van der Waals surface area contributed by atoms with Gasteiger partial charge in [0.25, 0.3) is 0 Å². The maximum absolute atomic E-state index is 11.9. The first-order chi connectivity index (χ1) is 9.16. The molecule has 1 heterocycles. The maximum Gasteiger partial charge on any atom is 0.223 e. The van der Waals surface area contributed by atoms with Gasteiger partial charge >= 0.3 is 0 Å². The number of benzene rings is 1. The van der Waals surface area contributed by atoms with Gasteiger partial charge in [-0.05, 0) is 24.3 Å². The van der Waals surface area contributed by atoms with Gasteiger partial charge in [0.15, 0.2) is 5.78 Å². The van der Waals surface area contributed by atoms with Crippen molar-refractivity contribution < 1.29 is 14.3 Å². The number of nitrogen functional groups attached to an aromatic ring is 1. The van der Waals surface area contributed by atoms with Crippen LogP contribution in [0, 0.1) is 0 Å². The molecule has 2 N–H and O–H groups in total. The van der Waals surface area contributed by atoms with Crippen LogP contribution in [0.2, 0.25) is 0 Å². The molecule has 5 heteroatoms. The molecule has 1 aromatic carbocycles. The Morgan fingerprint density at radius 1 is 1.11 bits per heavy atom. The molecule has 0 radical (unpaired) electrons. The van der Waals surface area contributed by atoms with Crippen LogP contribution in [0.1, 0.15) is 23.2 Å². The highest BCUT2D eigenvalue weighted by molar-refractivity contribution is 5.98. The quantitative estimate of drug-likeness (QED) is 0.651. The smallest absolute Gasteiger partial charge is 0.223 e. The third kappa shape index (κ3) is 3.79. The lowest BCUT2D eigenvalue weighted by molar-refractivity contribution is -0.135. The van der Waals surface area contributed by atoms with Crippen molar-refractivity contribution in [2.45, 2.75) is 12.8 Å². The van der Waals surface area contributed by atoms with E-state index in [1.165, 1.54) is 0 Å². The molecule has 0 atom stereocenters. The zero-order chi connectivity index (χ0) is 13.7. The highest BCUT2D eigenvalue weighted by Crippen LogP contribution is 2.10. The summed E-state index contributed by atoms with van der Waals surface area (Å²) in [5.74, 6) is -0.00583. The van der Waals surface area contributed by atoms with Crippen molar-refractivity contribution in [1.29, 1.82) is 0 Å². The van der Waals surface area contributed by atoms with Gasteiger partial charge in [-0.1, -0.05) is 0 Å². The van der Waals surface area contributed by atoms with Crippen molar-refractivity contribution in [3.05, 3.63) is 29.8 Å². The van der Waals surface area contributed by atoms with Crippen LogP contribution in [0.25, 0.3) is 0 Å². The molecule has 2 rings (SSSR count). The first kappa shape index (κ1) is 13.5. The number of ether oxygens (including phenoxy) is 1. The minimum Gasteiger partial charge on any atom is -0.399 e. The topological polar surface area (TPSA) is 72.6 Å². The Balaban J connectivity index is 1.82. The summed E-state index contributed by atoms with van der Waals surface area (Å²) < 4.78 is 5.18. The first-order valence-electron chi connectivity index (χ1n) is 6.41. The van der Waals surface area contributed by atoms with Gasteiger partial charge in [0.05, 0.1) is 13.2 Å². The summed E-state index contributed by atoms with van der Waals surface area (Å²) >= 11 is 0. The van der Waals surface area contributed by atoms with E-state index in [1.807, 2.05) is 0 Å². The molecule has 0 aliphatic carbocycles. The summed E-state index contributed by atoms with van der Waals surface area (Å²) in [7, 11) is 0. The number of Topliss-reactive ketones (excluding diaryl/α,β-unsaturated/α-hetero) is 1. The fraction of sp³-hybridized carbons (Fsp3) is 0.429. The second-order valence-corrected chi connectivity index (χ2v) is 4.54. The summed E-state index contributed by atoms with van der Waals surface area (Å²) in [4.78, 5) is 25.5. The van der Waals surface area contributed by atoms with Gasteiger partial charge in [0.1, 0.15) is 0 Å². The Labute approximate surface area is 112 Å². The number of amides is 1. The van der Waals surface area contributed by atoms with E-state index in [0.29, 0.717) is 37.6 Å². The van der Waals surface area contributed by atoms with E-state index in [0.717, 1.165) is 0 Å². The summed E-state index contributed by atoms with van der Waals surface area (Å²) in [5.41, 5.74) is 6.79. The molecule has 19 heavy (non-hydrogen) atoms. The van der Waals surface area contributed by atoms with Gasteiger partial charge in [-0.3, -0.25) is 9.59 Å². The third-order valence-corrected chi connectivity index (χ3v) is 3.16. The summed E-state index contributed by atoms with van der Waals surface area (Å²) in [6.45, 7) is 2.40. The fourth-order valence-corrected chi connectivity index (χ4v) is 2.00. The van der Waals surface area contributed by atoms with Crippen molar-refractivity contribution in [3.63, 3.8) is 0 Å². The van der Waals surface area contributed by atoms with Crippen LogP contribution >= 0.6 is 0 Å². The lowest BCUT2D eigenvalue weighted by Gasteiger charge is -2.26. The largest absolute Gasteiger partial charge is 0.399 e. The molecule has 1 amide bonds. The number of carbonyl (C=O) groups is 2. The molecule has 0 bridgehead atoms. The molecular formula is C14H18N2O3. The monoisotopic (exact) mass is 262 g/mol. The number of hydrogen-bond donors (Lipinski definition) is 1. The van der Waals surface area contributed by atoms with E-state index in [2.05, 4.69) is 0 Å². The summed E-state index contributed by atoms with van der Waals surface area (Å²) in [6.07, 6.45) is 0.489. The van der Waals surface area contributed by atoms with Crippen LogP contribution in [0.3, 0.4) is 0 Å². The second-order valence-electron chi connectivity index (χ2n) is 4.54. The Bertz CT molecular complexity index is 450. The number of ketones is 1. The molecule has 0 spiro atoms. The van der Waals surface area contributed by atoms with Gasteiger partial charge in [-0.15, -0.1) is 0 Å². The van der Waals surface area contributed by atoms with Crippen molar-refractivity contribution in [3.8, 4) is 0 Å². The van der Waals surface area contributed by atoms with Gasteiger partial charge < -0.3 is 15.4 Å². The van der Waals surface area contributed by atoms with E-state index >= 15 is 0 Å². The van der Waals surface area contributed by atoms with E-state index in [4.69, 9.17) is 10.5 Å².